The summed E-state index contributed by atoms with van der Waals surface area (Å²) in [6.07, 6.45) is -4.54. The van der Waals surface area contributed by atoms with Gasteiger partial charge in [0.25, 0.3) is 11.8 Å². The number of nitrogens with zero attached hydrogens (tertiary/aromatic N) is 2. The molecule has 0 saturated heterocycles. The van der Waals surface area contributed by atoms with Crippen LogP contribution >= 0.6 is 22.9 Å². The average molecular weight is 478 g/mol. The lowest BCUT2D eigenvalue weighted by atomic mass is 10.1. The summed E-state index contributed by atoms with van der Waals surface area (Å²) >= 11 is 7.32. The van der Waals surface area contributed by atoms with Gasteiger partial charge >= 0.3 is 6.18 Å². The highest BCUT2D eigenvalue weighted by atomic mass is 35.5. The third-order valence-electron chi connectivity index (χ3n) is 4.61. The van der Waals surface area contributed by atoms with Gasteiger partial charge in [-0.25, -0.2) is 0 Å². The maximum absolute atomic E-state index is 13.2. The van der Waals surface area contributed by atoms with Crippen LogP contribution in [0.2, 0.25) is 4.34 Å². The Bertz CT molecular complexity index is 1290. The number of fused-ring (bicyclic) bond motifs is 1. The molecule has 2 aromatic heterocycles. The van der Waals surface area contributed by atoms with E-state index in [2.05, 4.69) is 15.5 Å². The Morgan fingerprint density at radius 2 is 1.88 bits per heavy atom. The van der Waals surface area contributed by atoms with Gasteiger partial charge in [0.1, 0.15) is 11.3 Å². The first-order chi connectivity index (χ1) is 15.2. The smallest absolute Gasteiger partial charge is 0.416 e. The number of ether oxygens (including phenoxy) is 1. The Morgan fingerprint density at radius 1 is 1.09 bits per heavy atom. The molecule has 2 aromatic carbocycles. The monoisotopic (exact) mass is 477 g/mol. The Labute approximate surface area is 189 Å². The lowest BCUT2D eigenvalue weighted by molar-refractivity contribution is -0.137. The van der Waals surface area contributed by atoms with E-state index in [1.165, 1.54) is 23.5 Å². The van der Waals surface area contributed by atoms with E-state index in [1.54, 1.807) is 43.3 Å². The number of benzene rings is 2. The minimum Gasteiger partial charge on any atom is -0.437 e. The minimum atomic E-state index is -4.54. The molecule has 1 N–H and O–H groups in total. The molecule has 0 aliphatic rings. The molecule has 2 heterocycles. The molecular weight excluding hydrogens is 463 g/mol. The Kier molecular flexibility index (Phi) is 6.03. The molecule has 0 spiro atoms. The highest BCUT2D eigenvalue weighted by Gasteiger charge is 2.31. The Hall–Kier alpha value is -3.17. The molecular formula is C22H15ClF3N3O2S. The van der Waals surface area contributed by atoms with Gasteiger partial charge in [0.2, 0.25) is 0 Å². The van der Waals surface area contributed by atoms with E-state index in [0.29, 0.717) is 15.2 Å². The summed E-state index contributed by atoms with van der Waals surface area (Å²) in [5, 5.41) is 11.3. The number of carbonyl (C=O) groups is 1. The van der Waals surface area contributed by atoms with Gasteiger partial charge < -0.3 is 10.1 Å². The second kappa shape index (κ2) is 8.76. The maximum Gasteiger partial charge on any atom is 0.416 e. The van der Waals surface area contributed by atoms with Gasteiger partial charge in [-0.05, 0) is 43.3 Å². The quantitative estimate of drug-likeness (QED) is 0.349. The zero-order valence-corrected chi connectivity index (χ0v) is 18.1. The van der Waals surface area contributed by atoms with Crippen LogP contribution in [0.15, 0.2) is 60.7 Å². The van der Waals surface area contributed by atoms with Crippen molar-refractivity contribution in [3.05, 3.63) is 81.0 Å². The van der Waals surface area contributed by atoms with Crippen molar-refractivity contribution in [3.8, 4) is 11.6 Å². The molecule has 1 amide bonds. The van der Waals surface area contributed by atoms with Crippen LogP contribution in [0.25, 0.3) is 10.9 Å². The lowest BCUT2D eigenvalue weighted by Gasteiger charge is -2.16. The fourth-order valence-corrected chi connectivity index (χ4v) is 4.14. The average Bonchev–Trinajstić information content (AvgIpc) is 3.19. The van der Waals surface area contributed by atoms with Crippen molar-refractivity contribution in [2.24, 2.45) is 0 Å². The summed E-state index contributed by atoms with van der Waals surface area (Å²) in [5.41, 5.74) is -0.360. The van der Waals surface area contributed by atoms with Crippen LogP contribution in [-0.4, -0.2) is 16.1 Å². The Balaban J connectivity index is 1.72. The molecule has 0 unspecified atom stereocenters. The largest absolute Gasteiger partial charge is 0.437 e. The van der Waals surface area contributed by atoms with Crippen LogP contribution in [0, 0.1) is 0 Å². The van der Waals surface area contributed by atoms with Crippen molar-refractivity contribution in [3.63, 3.8) is 0 Å². The van der Waals surface area contributed by atoms with Crippen LogP contribution in [0.5, 0.6) is 11.6 Å². The summed E-state index contributed by atoms with van der Waals surface area (Å²) in [5.74, 6) is -0.816. The van der Waals surface area contributed by atoms with Gasteiger partial charge in [0.05, 0.1) is 21.5 Å². The van der Waals surface area contributed by atoms with E-state index in [0.717, 1.165) is 17.0 Å². The first-order valence-electron chi connectivity index (χ1n) is 9.39. The molecule has 164 valence electrons. The van der Waals surface area contributed by atoms with E-state index in [9.17, 15) is 18.0 Å². The number of hydrogen-bond donors (Lipinski definition) is 1. The summed E-state index contributed by atoms with van der Waals surface area (Å²) in [6, 6.07) is 14.3. The van der Waals surface area contributed by atoms with Crippen molar-refractivity contribution in [1.29, 1.82) is 0 Å². The maximum atomic E-state index is 13.2. The summed E-state index contributed by atoms with van der Waals surface area (Å²) in [4.78, 5) is 14.1. The number of thiophene rings is 1. The first kappa shape index (κ1) is 22.0. The molecule has 5 nitrogen and oxygen atoms in total. The number of amides is 1. The molecule has 0 radical (unpaired) electrons. The van der Waals surface area contributed by atoms with Crippen molar-refractivity contribution in [2.45, 2.75) is 19.1 Å². The fraction of sp³-hybridized carbons (Fsp3) is 0.136. The molecule has 0 aliphatic carbocycles. The second-order valence-corrected chi connectivity index (χ2v) is 8.61. The number of carbonyl (C=O) groups excluding carboxylic acids is 1. The number of halogens is 4. The fourth-order valence-electron chi connectivity index (χ4n) is 3.08. The SMILES string of the molecule is C[C@H](NC(=O)c1c(Oc2cccc(C(F)(F)F)c2)nnc2ccccc12)c1ccc(Cl)s1. The number of aromatic nitrogens is 2. The first-order valence-corrected chi connectivity index (χ1v) is 10.6. The predicted octanol–water partition coefficient (Wildman–Crippen LogP) is 6.65. The molecule has 0 saturated carbocycles. The molecule has 0 aliphatic heterocycles. The van der Waals surface area contributed by atoms with Gasteiger partial charge in [0, 0.05) is 10.3 Å². The van der Waals surface area contributed by atoms with Crippen LogP contribution in [0.3, 0.4) is 0 Å². The molecule has 32 heavy (non-hydrogen) atoms. The third-order valence-corrected chi connectivity index (χ3v) is 6.02. The topological polar surface area (TPSA) is 64.1 Å². The highest BCUT2D eigenvalue weighted by Crippen LogP contribution is 2.34. The lowest BCUT2D eigenvalue weighted by Crippen LogP contribution is -2.27. The van der Waals surface area contributed by atoms with E-state index in [-0.39, 0.29) is 23.2 Å². The van der Waals surface area contributed by atoms with Crippen molar-refractivity contribution < 1.29 is 22.7 Å². The van der Waals surface area contributed by atoms with E-state index in [4.69, 9.17) is 16.3 Å². The van der Waals surface area contributed by atoms with Gasteiger partial charge in [0.15, 0.2) is 0 Å². The van der Waals surface area contributed by atoms with E-state index >= 15 is 0 Å². The van der Waals surface area contributed by atoms with Crippen LogP contribution < -0.4 is 10.1 Å². The number of nitrogens with one attached hydrogen (secondary N) is 1. The summed E-state index contributed by atoms with van der Waals surface area (Å²) in [7, 11) is 0. The predicted molar refractivity (Wildman–Crippen MR) is 116 cm³/mol. The van der Waals surface area contributed by atoms with Gasteiger partial charge in [-0.15, -0.1) is 21.5 Å². The highest BCUT2D eigenvalue weighted by molar-refractivity contribution is 7.16. The third kappa shape index (κ3) is 4.68. The van der Waals surface area contributed by atoms with Gasteiger partial charge in [-0.2, -0.15) is 13.2 Å². The zero-order valence-electron chi connectivity index (χ0n) is 16.5. The Morgan fingerprint density at radius 3 is 2.59 bits per heavy atom. The minimum absolute atomic E-state index is 0.0718. The summed E-state index contributed by atoms with van der Waals surface area (Å²) in [6.45, 7) is 1.80. The summed E-state index contributed by atoms with van der Waals surface area (Å²) < 4.78 is 45.4. The number of hydrogen-bond acceptors (Lipinski definition) is 5. The molecule has 10 heteroatoms. The van der Waals surface area contributed by atoms with Crippen LogP contribution in [-0.2, 0) is 6.18 Å². The van der Waals surface area contributed by atoms with Crippen LogP contribution in [0.1, 0.15) is 33.8 Å². The molecule has 1 atom stereocenters. The van der Waals surface area contributed by atoms with Crippen molar-refractivity contribution in [2.75, 3.05) is 0 Å². The molecule has 0 bridgehead atoms. The zero-order chi connectivity index (χ0) is 22.9. The number of rotatable bonds is 5. The number of alkyl halides is 3. The van der Waals surface area contributed by atoms with E-state index < -0.39 is 17.6 Å². The van der Waals surface area contributed by atoms with E-state index in [1.807, 2.05) is 0 Å². The van der Waals surface area contributed by atoms with Gasteiger partial charge in [-0.3, -0.25) is 4.79 Å². The van der Waals surface area contributed by atoms with Gasteiger partial charge in [-0.1, -0.05) is 35.9 Å². The standard InChI is InChI=1S/C22H15ClF3N3O2S/c1-12(17-9-10-18(23)32-17)27-20(30)19-15-7-2-3-8-16(15)28-29-21(19)31-14-6-4-5-13(11-14)22(24,25)26/h2-12H,1H3,(H,27,30)/t12-/m0/s1. The molecule has 4 aromatic rings. The normalized spacial score (nSPS) is 12.5. The second-order valence-electron chi connectivity index (χ2n) is 6.86. The molecule has 4 rings (SSSR count). The molecule has 0 fully saturated rings. The van der Waals surface area contributed by atoms with Crippen molar-refractivity contribution >= 4 is 39.7 Å². The van der Waals surface area contributed by atoms with Crippen LogP contribution in [0.4, 0.5) is 13.2 Å². The van der Waals surface area contributed by atoms with Crippen molar-refractivity contribution in [1.82, 2.24) is 15.5 Å².